The van der Waals surface area contributed by atoms with Crippen molar-refractivity contribution >= 4 is 27.0 Å². The molecule has 2 N–H and O–H groups in total. The molecule has 1 amide bonds. The van der Waals surface area contributed by atoms with Crippen LogP contribution in [-0.4, -0.2) is 59.1 Å². The molecule has 0 radical (unpaired) electrons. The smallest absolute Gasteiger partial charge is 0.329 e. The number of nitrogens with zero attached hydrogens (tertiary/aromatic N) is 3. The average molecular weight is 438 g/mol. The van der Waals surface area contributed by atoms with Crippen LogP contribution in [0.1, 0.15) is 55.1 Å². The molecule has 1 fully saturated rings. The molecule has 30 heavy (non-hydrogen) atoms. The highest BCUT2D eigenvalue weighted by atomic mass is 32.2. The van der Waals surface area contributed by atoms with Crippen molar-refractivity contribution in [3.8, 4) is 0 Å². The van der Waals surface area contributed by atoms with Gasteiger partial charge in [-0.1, -0.05) is 6.92 Å². The van der Waals surface area contributed by atoms with Gasteiger partial charge < -0.3 is 5.32 Å². The van der Waals surface area contributed by atoms with Crippen LogP contribution < -0.4 is 16.6 Å². The second-order valence-corrected chi connectivity index (χ2v) is 9.42. The fraction of sp³-hybridized carbons (Fsp3) is 0.579. The lowest BCUT2D eigenvalue weighted by Gasteiger charge is -2.17. The number of sulfonamides is 1. The number of amides is 1. The predicted molar refractivity (Wildman–Crippen MR) is 113 cm³/mol. The molecule has 0 saturated heterocycles. The molecular weight excluding hydrogens is 410 g/mol. The van der Waals surface area contributed by atoms with Crippen molar-refractivity contribution in [2.75, 3.05) is 25.9 Å². The second-order valence-electron chi connectivity index (χ2n) is 7.44. The quantitative estimate of drug-likeness (QED) is 0.545. The maximum absolute atomic E-state index is 12.9. The van der Waals surface area contributed by atoms with E-state index in [1.807, 2.05) is 0 Å². The van der Waals surface area contributed by atoms with Gasteiger partial charge in [0.1, 0.15) is 0 Å². The van der Waals surface area contributed by atoms with E-state index < -0.39 is 27.2 Å². The maximum atomic E-state index is 12.9. The normalized spacial score (nSPS) is 14.4. The number of aromatic amines is 1. The Bertz CT molecular complexity index is 1180. The number of hydrogen-bond acceptors (Lipinski definition) is 6. The van der Waals surface area contributed by atoms with Crippen molar-refractivity contribution in [2.45, 2.75) is 45.6 Å². The molecule has 0 aromatic carbocycles. The van der Waals surface area contributed by atoms with Crippen molar-refractivity contribution in [1.82, 2.24) is 24.2 Å². The van der Waals surface area contributed by atoms with E-state index in [9.17, 15) is 22.8 Å². The van der Waals surface area contributed by atoms with Crippen LogP contribution in [0, 0.1) is 0 Å². The summed E-state index contributed by atoms with van der Waals surface area (Å²) in [6, 6.07) is 1.63. The van der Waals surface area contributed by atoms with E-state index in [0.717, 1.165) is 19.1 Å². The molecule has 1 saturated carbocycles. The van der Waals surface area contributed by atoms with Gasteiger partial charge in [0.15, 0.2) is 5.65 Å². The van der Waals surface area contributed by atoms with Gasteiger partial charge in [0, 0.05) is 37.8 Å². The van der Waals surface area contributed by atoms with Gasteiger partial charge >= 0.3 is 5.69 Å². The van der Waals surface area contributed by atoms with Gasteiger partial charge in [-0.2, -0.15) is 0 Å². The zero-order valence-electron chi connectivity index (χ0n) is 17.4. The average Bonchev–Trinajstić information content (AvgIpc) is 3.51. The summed E-state index contributed by atoms with van der Waals surface area (Å²) >= 11 is 0. The van der Waals surface area contributed by atoms with Crippen molar-refractivity contribution in [3.63, 3.8) is 0 Å². The minimum Gasteiger partial charge on any atom is -0.352 e. The Labute approximate surface area is 174 Å². The molecule has 0 spiro atoms. The molecule has 10 nitrogen and oxygen atoms in total. The monoisotopic (exact) mass is 437 g/mol. The molecule has 2 aromatic rings. The summed E-state index contributed by atoms with van der Waals surface area (Å²) in [4.78, 5) is 44.3. The minimum absolute atomic E-state index is 0.0877. The number of aryl methyl sites for hydroxylation is 1. The van der Waals surface area contributed by atoms with Crippen molar-refractivity contribution < 1.29 is 13.2 Å². The molecule has 0 atom stereocenters. The highest BCUT2D eigenvalue weighted by Crippen LogP contribution is 2.39. The van der Waals surface area contributed by atoms with Gasteiger partial charge in [0.25, 0.3) is 11.5 Å². The van der Waals surface area contributed by atoms with Crippen molar-refractivity contribution in [3.05, 3.63) is 38.2 Å². The van der Waals surface area contributed by atoms with Gasteiger partial charge in [-0.15, -0.1) is 0 Å². The second kappa shape index (κ2) is 8.68. The third-order valence-electron chi connectivity index (χ3n) is 5.22. The topological polar surface area (TPSA) is 134 Å². The number of nitrogens with one attached hydrogen (secondary N) is 2. The van der Waals surface area contributed by atoms with E-state index in [1.165, 1.54) is 8.87 Å². The number of fused-ring (bicyclic) bond motifs is 1. The van der Waals surface area contributed by atoms with Crippen molar-refractivity contribution in [2.24, 2.45) is 0 Å². The lowest BCUT2D eigenvalue weighted by molar-refractivity contribution is 0.0954. The fourth-order valence-electron chi connectivity index (χ4n) is 3.47. The lowest BCUT2D eigenvalue weighted by Crippen LogP contribution is -2.35. The number of aromatic nitrogens is 3. The summed E-state index contributed by atoms with van der Waals surface area (Å²) in [5.74, 6) is -0.216. The number of pyridine rings is 1. The van der Waals surface area contributed by atoms with E-state index in [-0.39, 0.29) is 35.6 Å². The molecule has 0 unspecified atom stereocenters. The predicted octanol–water partition coefficient (Wildman–Crippen LogP) is 0.384. The molecule has 0 aliphatic heterocycles. The van der Waals surface area contributed by atoms with Crippen LogP contribution in [0.5, 0.6) is 0 Å². The minimum atomic E-state index is -3.29. The van der Waals surface area contributed by atoms with E-state index >= 15 is 0 Å². The van der Waals surface area contributed by atoms with Gasteiger partial charge in [0.2, 0.25) is 10.0 Å². The van der Waals surface area contributed by atoms with Crippen LogP contribution >= 0.6 is 0 Å². The first kappa shape index (κ1) is 22.2. The summed E-state index contributed by atoms with van der Waals surface area (Å²) in [6.45, 7) is 4.73. The number of hydrogen-bond donors (Lipinski definition) is 2. The highest BCUT2D eigenvalue weighted by Gasteiger charge is 2.28. The SMILES string of the molecule is CCN(CCCNC(=O)c1cc(C2CC2)nc2c1c(=O)[nH]c(=O)n2CC)S(C)(=O)=O. The van der Waals surface area contributed by atoms with Crippen LogP contribution in [0.3, 0.4) is 0 Å². The standard InChI is InChI=1S/C19H27N5O5S/c1-4-23(30(3,28)29)10-6-9-20-17(25)13-11-14(12-7-8-12)21-16-15(13)18(26)22-19(27)24(16)5-2/h11-12H,4-10H2,1-3H3,(H,20,25)(H,22,26,27). The molecule has 2 heterocycles. The third-order valence-corrected chi connectivity index (χ3v) is 6.60. The Morgan fingerprint density at radius 3 is 2.60 bits per heavy atom. The molecule has 0 bridgehead atoms. The summed E-state index contributed by atoms with van der Waals surface area (Å²) in [7, 11) is -3.29. The summed E-state index contributed by atoms with van der Waals surface area (Å²) < 4.78 is 26.0. The first-order valence-corrected chi connectivity index (χ1v) is 11.9. The van der Waals surface area contributed by atoms with Crippen LogP contribution in [-0.2, 0) is 16.6 Å². The summed E-state index contributed by atoms with van der Waals surface area (Å²) in [5.41, 5.74) is -0.0962. The zero-order chi connectivity index (χ0) is 22.1. The molecule has 1 aliphatic rings. The van der Waals surface area contributed by atoms with Gasteiger partial charge in [-0.3, -0.25) is 19.1 Å². The molecular formula is C19H27N5O5S. The Balaban J connectivity index is 1.88. The van der Waals surface area contributed by atoms with Crippen LogP contribution in [0.2, 0.25) is 0 Å². The summed E-state index contributed by atoms with van der Waals surface area (Å²) in [5, 5.41) is 2.85. The van der Waals surface area contributed by atoms with Gasteiger partial charge in [-0.05, 0) is 32.3 Å². The van der Waals surface area contributed by atoms with Crippen molar-refractivity contribution in [1.29, 1.82) is 0 Å². The number of carbonyl (C=O) groups excluding carboxylic acids is 1. The molecule has 164 valence electrons. The Kier molecular flexibility index (Phi) is 6.41. The van der Waals surface area contributed by atoms with Gasteiger partial charge in [0.05, 0.1) is 17.2 Å². The van der Waals surface area contributed by atoms with Crippen LogP contribution in [0.4, 0.5) is 0 Å². The zero-order valence-corrected chi connectivity index (χ0v) is 18.2. The number of H-pyrrole nitrogens is 1. The first-order valence-electron chi connectivity index (χ1n) is 10.1. The number of rotatable bonds is 9. The van der Waals surface area contributed by atoms with E-state index in [4.69, 9.17) is 0 Å². The van der Waals surface area contributed by atoms with E-state index in [1.54, 1.807) is 19.9 Å². The molecule has 1 aliphatic carbocycles. The third kappa shape index (κ3) is 4.62. The fourth-order valence-corrected chi connectivity index (χ4v) is 4.39. The van der Waals surface area contributed by atoms with Crippen LogP contribution in [0.15, 0.2) is 15.7 Å². The number of carbonyl (C=O) groups is 1. The summed E-state index contributed by atoms with van der Waals surface area (Å²) in [6.07, 6.45) is 3.49. The van der Waals surface area contributed by atoms with E-state index in [2.05, 4.69) is 15.3 Å². The van der Waals surface area contributed by atoms with E-state index in [0.29, 0.717) is 25.2 Å². The van der Waals surface area contributed by atoms with Crippen LogP contribution in [0.25, 0.3) is 11.0 Å². The highest BCUT2D eigenvalue weighted by molar-refractivity contribution is 7.88. The molecule has 3 rings (SSSR count). The Morgan fingerprint density at radius 2 is 2.03 bits per heavy atom. The Hall–Kier alpha value is -2.53. The largest absolute Gasteiger partial charge is 0.352 e. The first-order chi connectivity index (χ1) is 14.2. The molecule has 11 heteroatoms. The Morgan fingerprint density at radius 1 is 1.33 bits per heavy atom. The molecule has 2 aromatic heterocycles. The van der Waals surface area contributed by atoms with Gasteiger partial charge in [-0.25, -0.2) is 22.5 Å². The maximum Gasteiger partial charge on any atom is 0.329 e. The lowest BCUT2D eigenvalue weighted by atomic mass is 10.1.